The maximum absolute atomic E-state index is 12.5. The van der Waals surface area contributed by atoms with E-state index in [0.717, 1.165) is 82.3 Å². The molecule has 30 heavy (non-hydrogen) atoms. The van der Waals surface area contributed by atoms with E-state index in [0.29, 0.717) is 5.41 Å². The highest BCUT2D eigenvalue weighted by Gasteiger charge is 2.41. The van der Waals surface area contributed by atoms with Crippen molar-refractivity contribution in [1.29, 1.82) is 0 Å². The van der Waals surface area contributed by atoms with Gasteiger partial charge in [-0.15, -0.1) is 0 Å². The molecule has 1 spiro atoms. The molecular weight excluding hydrogens is 412 g/mol. The van der Waals surface area contributed by atoms with Crippen molar-refractivity contribution in [1.82, 2.24) is 20.0 Å². The number of thiophene rings is 1. The van der Waals surface area contributed by atoms with Gasteiger partial charge in [-0.1, -0.05) is 13.8 Å². The van der Waals surface area contributed by atoms with E-state index in [-0.39, 0.29) is 5.91 Å². The van der Waals surface area contributed by atoms with Crippen LogP contribution in [0.3, 0.4) is 0 Å². The Balaban J connectivity index is 1.38. The van der Waals surface area contributed by atoms with Crippen LogP contribution in [0.15, 0.2) is 22.9 Å². The van der Waals surface area contributed by atoms with Crippen LogP contribution in [0.4, 0.5) is 0 Å². The Morgan fingerprint density at radius 2 is 1.93 bits per heavy atom. The van der Waals surface area contributed by atoms with Gasteiger partial charge in [0, 0.05) is 38.8 Å². The molecule has 1 aromatic rings. The highest BCUT2D eigenvalue weighted by molar-refractivity contribution is 7.80. The summed E-state index contributed by atoms with van der Waals surface area (Å²) in [6, 6.07) is 2.04. The molecule has 2 aliphatic rings. The van der Waals surface area contributed by atoms with Crippen LogP contribution in [0.2, 0.25) is 0 Å². The number of rotatable bonds is 8. The first-order valence-corrected chi connectivity index (χ1v) is 12.6. The summed E-state index contributed by atoms with van der Waals surface area (Å²) >= 11 is 7.32. The highest BCUT2D eigenvalue weighted by atomic mass is 32.1. The Labute approximate surface area is 191 Å². The van der Waals surface area contributed by atoms with Crippen molar-refractivity contribution < 1.29 is 4.79 Å². The van der Waals surface area contributed by atoms with E-state index in [1.165, 1.54) is 6.42 Å². The van der Waals surface area contributed by atoms with Gasteiger partial charge in [-0.25, -0.2) is 0 Å². The molecule has 2 fully saturated rings. The summed E-state index contributed by atoms with van der Waals surface area (Å²) in [6.45, 7) is 12.5. The standard InChI is InChI=1S/C23H36N4OS2/c1-3-25(4-2)13-5-12-24-22(29)27-16-11-23(19-27)9-14-26(15-10-23)21(28)7-6-20-8-17-30-18-20/h6-8,17-18H,3-5,9-16,19H2,1-2H3,(H,24,29)/b7-6+. The number of nitrogens with zero attached hydrogens (tertiary/aromatic N) is 3. The second-order valence-electron chi connectivity index (χ2n) is 8.50. The zero-order valence-corrected chi connectivity index (χ0v) is 20.1. The Kier molecular flexibility index (Phi) is 8.72. The minimum Gasteiger partial charge on any atom is -0.363 e. The first-order chi connectivity index (χ1) is 14.5. The molecule has 1 aromatic heterocycles. The van der Waals surface area contributed by atoms with Crippen LogP contribution in [0.25, 0.3) is 6.08 Å². The summed E-state index contributed by atoms with van der Waals surface area (Å²) in [5.74, 6) is 0.135. The van der Waals surface area contributed by atoms with Gasteiger partial charge in [0.15, 0.2) is 5.11 Å². The van der Waals surface area contributed by atoms with Crippen molar-refractivity contribution in [3.63, 3.8) is 0 Å². The predicted octanol–water partition coefficient (Wildman–Crippen LogP) is 3.68. The Morgan fingerprint density at radius 1 is 1.23 bits per heavy atom. The average Bonchev–Trinajstić information content (AvgIpc) is 3.43. The molecule has 0 atom stereocenters. The van der Waals surface area contributed by atoms with Gasteiger partial charge >= 0.3 is 0 Å². The number of piperidine rings is 1. The summed E-state index contributed by atoms with van der Waals surface area (Å²) in [6.07, 6.45) is 8.10. The van der Waals surface area contributed by atoms with E-state index in [1.807, 2.05) is 22.4 Å². The van der Waals surface area contributed by atoms with E-state index in [1.54, 1.807) is 17.4 Å². The number of thiocarbonyl (C=S) groups is 1. The van der Waals surface area contributed by atoms with Gasteiger partial charge in [-0.05, 0) is 91.4 Å². The number of carbonyl (C=O) groups is 1. The predicted molar refractivity (Wildman–Crippen MR) is 131 cm³/mol. The number of hydrogen-bond donors (Lipinski definition) is 1. The Morgan fingerprint density at radius 3 is 2.57 bits per heavy atom. The molecule has 0 aromatic carbocycles. The minimum atomic E-state index is 0.135. The third-order valence-corrected chi connectivity index (χ3v) is 7.75. The van der Waals surface area contributed by atoms with Crippen LogP contribution < -0.4 is 5.32 Å². The largest absolute Gasteiger partial charge is 0.363 e. The van der Waals surface area contributed by atoms with Crippen molar-refractivity contribution in [3.8, 4) is 0 Å². The summed E-state index contributed by atoms with van der Waals surface area (Å²) in [7, 11) is 0. The fraction of sp³-hybridized carbons (Fsp3) is 0.652. The Bertz CT molecular complexity index is 707. The van der Waals surface area contributed by atoms with Crippen molar-refractivity contribution in [2.75, 3.05) is 52.4 Å². The van der Waals surface area contributed by atoms with Crippen LogP contribution in [-0.2, 0) is 4.79 Å². The van der Waals surface area contributed by atoms with E-state index in [4.69, 9.17) is 12.2 Å². The molecule has 7 heteroatoms. The van der Waals surface area contributed by atoms with E-state index in [2.05, 4.69) is 34.3 Å². The lowest BCUT2D eigenvalue weighted by molar-refractivity contribution is -0.128. The number of likely N-dealkylation sites (tertiary alicyclic amines) is 2. The fourth-order valence-corrected chi connectivity index (χ4v) is 5.40. The van der Waals surface area contributed by atoms with Crippen LogP contribution in [-0.4, -0.2) is 78.1 Å². The topological polar surface area (TPSA) is 38.8 Å². The number of amides is 1. The average molecular weight is 449 g/mol. The summed E-state index contributed by atoms with van der Waals surface area (Å²) in [5.41, 5.74) is 1.42. The van der Waals surface area contributed by atoms with Gasteiger partial charge in [0.2, 0.25) is 5.91 Å². The molecule has 0 saturated carbocycles. The van der Waals surface area contributed by atoms with Gasteiger partial charge in [-0.2, -0.15) is 11.3 Å². The first-order valence-electron chi connectivity index (χ1n) is 11.3. The molecule has 0 aliphatic carbocycles. The third-order valence-electron chi connectivity index (χ3n) is 6.64. The van der Waals surface area contributed by atoms with Crippen molar-refractivity contribution in [2.45, 2.75) is 39.5 Å². The summed E-state index contributed by atoms with van der Waals surface area (Å²) in [5, 5.41) is 8.46. The number of hydrogen-bond acceptors (Lipinski definition) is 4. The minimum absolute atomic E-state index is 0.135. The van der Waals surface area contributed by atoms with Crippen LogP contribution >= 0.6 is 23.6 Å². The molecular formula is C23H36N4OS2. The quantitative estimate of drug-likeness (QED) is 0.373. The molecule has 0 bridgehead atoms. The van der Waals surface area contributed by atoms with Crippen LogP contribution in [0.5, 0.6) is 0 Å². The van der Waals surface area contributed by atoms with Gasteiger partial charge in [0.05, 0.1) is 0 Å². The third kappa shape index (κ3) is 6.28. The maximum atomic E-state index is 12.5. The van der Waals surface area contributed by atoms with Crippen LogP contribution in [0.1, 0.15) is 45.1 Å². The van der Waals surface area contributed by atoms with Gasteiger partial charge < -0.3 is 20.0 Å². The zero-order chi connectivity index (χ0) is 21.4. The van der Waals surface area contributed by atoms with E-state index >= 15 is 0 Å². The SMILES string of the molecule is CCN(CC)CCCNC(=S)N1CCC2(CCN(C(=O)/C=C/c3ccsc3)CC2)C1. The van der Waals surface area contributed by atoms with Crippen molar-refractivity contribution in [2.24, 2.45) is 5.41 Å². The van der Waals surface area contributed by atoms with Gasteiger partial charge in [0.25, 0.3) is 0 Å². The second-order valence-corrected chi connectivity index (χ2v) is 9.67. The zero-order valence-electron chi connectivity index (χ0n) is 18.4. The van der Waals surface area contributed by atoms with Gasteiger partial charge in [0.1, 0.15) is 0 Å². The molecule has 0 radical (unpaired) electrons. The lowest BCUT2D eigenvalue weighted by Crippen LogP contribution is -2.45. The molecule has 166 valence electrons. The van der Waals surface area contributed by atoms with E-state index in [9.17, 15) is 4.79 Å². The summed E-state index contributed by atoms with van der Waals surface area (Å²) in [4.78, 5) is 19.3. The lowest BCUT2D eigenvalue weighted by atomic mass is 9.78. The Hall–Kier alpha value is -1.44. The molecule has 2 saturated heterocycles. The molecule has 1 N–H and O–H groups in total. The van der Waals surface area contributed by atoms with Crippen LogP contribution in [0, 0.1) is 5.41 Å². The van der Waals surface area contributed by atoms with Crippen molar-refractivity contribution >= 4 is 40.7 Å². The molecule has 0 unspecified atom stereocenters. The maximum Gasteiger partial charge on any atom is 0.246 e. The van der Waals surface area contributed by atoms with Crippen molar-refractivity contribution in [3.05, 3.63) is 28.5 Å². The normalized spacial score (nSPS) is 18.6. The fourth-order valence-electron chi connectivity index (χ4n) is 4.51. The van der Waals surface area contributed by atoms with Gasteiger partial charge in [-0.3, -0.25) is 4.79 Å². The molecule has 3 rings (SSSR count). The smallest absolute Gasteiger partial charge is 0.246 e. The first kappa shape index (κ1) is 23.2. The monoisotopic (exact) mass is 448 g/mol. The number of nitrogens with one attached hydrogen (secondary N) is 1. The molecule has 5 nitrogen and oxygen atoms in total. The molecule has 1 amide bonds. The highest BCUT2D eigenvalue weighted by Crippen LogP contribution is 2.40. The van der Waals surface area contributed by atoms with E-state index < -0.39 is 0 Å². The number of carbonyl (C=O) groups excluding carboxylic acids is 1. The molecule has 3 heterocycles. The lowest BCUT2D eigenvalue weighted by Gasteiger charge is -2.39. The second kappa shape index (κ2) is 11.3. The summed E-state index contributed by atoms with van der Waals surface area (Å²) < 4.78 is 0. The molecule has 2 aliphatic heterocycles.